The number of anilines is 2. The Labute approximate surface area is 134 Å². The van der Waals surface area contributed by atoms with Crippen LogP contribution in [-0.4, -0.2) is 14.1 Å². The zero-order chi connectivity index (χ0) is 16.6. The summed E-state index contributed by atoms with van der Waals surface area (Å²) in [5.41, 5.74) is 9.91. The van der Waals surface area contributed by atoms with Crippen LogP contribution in [0.3, 0.4) is 0 Å². The van der Waals surface area contributed by atoms with Gasteiger partial charge in [0.2, 0.25) is 0 Å². The van der Waals surface area contributed by atoms with E-state index in [1.165, 1.54) is 12.1 Å². The lowest BCUT2D eigenvalue weighted by Crippen LogP contribution is -2.23. The van der Waals surface area contributed by atoms with Crippen LogP contribution < -0.4 is 16.0 Å². The predicted molar refractivity (Wildman–Crippen MR) is 89.5 cm³/mol. The number of nitrogens with one attached hydrogen (secondary N) is 1. The fourth-order valence-electron chi connectivity index (χ4n) is 2.86. The van der Waals surface area contributed by atoms with E-state index in [2.05, 4.69) is 11.4 Å². The summed E-state index contributed by atoms with van der Waals surface area (Å²) in [7, 11) is 3.91. The molecule has 1 atom stereocenters. The molecule has 1 aliphatic heterocycles. The van der Waals surface area contributed by atoms with Gasteiger partial charge in [-0.15, -0.1) is 0 Å². The van der Waals surface area contributed by atoms with Crippen LogP contribution in [0.1, 0.15) is 17.0 Å². The molecule has 2 aromatic rings. The summed E-state index contributed by atoms with van der Waals surface area (Å²) >= 11 is 0. The van der Waals surface area contributed by atoms with Crippen LogP contribution in [0, 0.1) is 17.1 Å². The van der Waals surface area contributed by atoms with Crippen molar-refractivity contribution in [2.24, 2.45) is 5.73 Å². The van der Waals surface area contributed by atoms with Gasteiger partial charge < -0.3 is 16.0 Å². The maximum absolute atomic E-state index is 13.6. The molecule has 0 unspecified atom stereocenters. The third kappa shape index (κ3) is 2.59. The number of fused-ring (bicyclic) bond motifs is 1. The highest BCUT2D eigenvalue weighted by atomic mass is 19.1. The van der Waals surface area contributed by atoms with Crippen molar-refractivity contribution in [3.8, 4) is 6.07 Å². The molecule has 3 N–H and O–H groups in total. The topological polar surface area (TPSA) is 65.1 Å². The van der Waals surface area contributed by atoms with E-state index in [0.717, 1.165) is 16.9 Å². The number of benzene rings is 2. The molecule has 0 spiro atoms. The van der Waals surface area contributed by atoms with Crippen molar-refractivity contribution in [3.05, 3.63) is 70.8 Å². The maximum Gasteiger partial charge on any atom is 0.123 e. The Morgan fingerprint density at radius 2 is 2.00 bits per heavy atom. The summed E-state index contributed by atoms with van der Waals surface area (Å²) in [6.45, 7) is 0. The predicted octanol–water partition coefficient (Wildman–Crippen LogP) is 3.14. The lowest BCUT2D eigenvalue weighted by molar-refractivity contribution is 0.624. The molecule has 116 valence electrons. The molecule has 0 bridgehead atoms. The number of halogens is 1. The fraction of sp³-hybridized carbons (Fsp3) is 0.167. The van der Waals surface area contributed by atoms with Gasteiger partial charge in [-0.3, -0.25) is 0 Å². The second-order valence-corrected chi connectivity index (χ2v) is 5.72. The van der Waals surface area contributed by atoms with E-state index in [1.807, 2.05) is 43.3 Å². The van der Waals surface area contributed by atoms with Crippen molar-refractivity contribution in [1.29, 1.82) is 5.26 Å². The van der Waals surface area contributed by atoms with Gasteiger partial charge in [0.05, 0.1) is 11.6 Å². The quantitative estimate of drug-likeness (QED) is 0.894. The van der Waals surface area contributed by atoms with Gasteiger partial charge >= 0.3 is 0 Å². The summed E-state index contributed by atoms with van der Waals surface area (Å²) in [5, 5.41) is 12.6. The highest BCUT2D eigenvalue weighted by Gasteiger charge is 2.29. The minimum atomic E-state index is -0.372. The molecule has 23 heavy (non-hydrogen) atoms. The van der Waals surface area contributed by atoms with Gasteiger partial charge in [0.15, 0.2) is 0 Å². The second kappa shape index (κ2) is 5.65. The number of nitriles is 1. The van der Waals surface area contributed by atoms with Crippen LogP contribution in [0.15, 0.2) is 53.9 Å². The van der Waals surface area contributed by atoms with Gasteiger partial charge in [-0.25, -0.2) is 4.39 Å². The SMILES string of the molecule is CN(C)c1ccc2c(c1)NC(N)=C(C#N)[C@H]2c1cccc(F)c1. The van der Waals surface area contributed by atoms with Gasteiger partial charge in [-0.1, -0.05) is 18.2 Å². The lowest BCUT2D eigenvalue weighted by atomic mass is 9.82. The molecule has 0 aliphatic carbocycles. The van der Waals surface area contributed by atoms with Crippen LogP contribution in [-0.2, 0) is 0 Å². The lowest BCUT2D eigenvalue weighted by Gasteiger charge is -2.29. The van der Waals surface area contributed by atoms with Crippen molar-refractivity contribution in [1.82, 2.24) is 0 Å². The largest absolute Gasteiger partial charge is 0.384 e. The van der Waals surface area contributed by atoms with Gasteiger partial charge in [0.25, 0.3) is 0 Å². The van der Waals surface area contributed by atoms with Crippen LogP contribution in [0.5, 0.6) is 0 Å². The molecule has 0 amide bonds. The van der Waals surface area contributed by atoms with Crippen molar-refractivity contribution in [2.75, 3.05) is 24.3 Å². The van der Waals surface area contributed by atoms with E-state index in [-0.39, 0.29) is 11.7 Å². The monoisotopic (exact) mass is 308 g/mol. The Bertz CT molecular complexity index is 833. The standard InChI is InChI=1S/C18H17FN4/c1-23(2)13-6-7-14-16(9-13)22-18(21)15(10-20)17(14)11-4-3-5-12(19)8-11/h3-9,17,22H,21H2,1-2H3/t17-/m0/s1. The molecule has 0 fully saturated rings. The number of hydrogen-bond acceptors (Lipinski definition) is 4. The van der Waals surface area contributed by atoms with Gasteiger partial charge in [-0.05, 0) is 35.4 Å². The molecule has 5 heteroatoms. The Hall–Kier alpha value is -3.00. The Balaban J connectivity index is 2.20. The molecule has 0 saturated carbocycles. The van der Waals surface area contributed by atoms with Crippen molar-refractivity contribution in [2.45, 2.75) is 5.92 Å². The summed E-state index contributed by atoms with van der Waals surface area (Å²) in [5.74, 6) is -0.392. The first kappa shape index (κ1) is 14.9. The third-order valence-electron chi connectivity index (χ3n) is 4.01. The highest BCUT2D eigenvalue weighted by Crippen LogP contribution is 2.41. The first-order valence-electron chi connectivity index (χ1n) is 7.24. The molecule has 1 aliphatic rings. The average Bonchev–Trinajstić information content (AvgIpc) is 2.52. The van der Waals surface area contributed by atoms with Gasteiger partial charge in [0.1, 0.15) is 11.6 Å². The van der Waals surface area contributed by atoms with Gasteiger partial charge in [-0.2, -0.15) is 5.26 Å². The zero-order valence-corrected chi connectivity index (χ0v) is 13.0. The molecule has 0 saturated heterocycles. The summed E-state index contributed by atoms with van der Waals surface area (Å²) < 4.78 is 13.6. The van der Waals surface area contributed by atoms with E-state index in [1.54, 1.807) is 6.07 Å². The minimum absolute atomic E-state index is 0.310. The molecule has 0 aromatic heterocycles. The minimum Gasteiger partial charge on any atom is -0.384 e. The average molecular weight is 308 g/mol. The number of hydrogen-bond donors (Lipinski definition) is 2. The first-order valence-corrected chi connectivity index (χ1v) is 7.24. The molecule has 0 radical (unpaired) electrons. The molecule has 4 nitrogen and oxygen atoms in total. The summed E-state index contributed by atoms with van der Waals surface area (Å²) in [4.78, 5) is 1.98. The first-order chi connectivity index (χ1) is 11.0. The maximum atomic E-state index is 13.6. The molecule has 2 aromatic carbocycles. The van der Waals surface area contributed by atoms with E-state index < -0.39 is 0 Å². The van der Waals surface area contributed by atoms with E-state index in [9.17, 15) is 9.65 Å². The summed E-state index contributed by atoms with van der Waals surface area (Å²) in [6.07, 6.45) is 0. The Morgan fingerprint density at radius 1 is 1.22 bits per heavy atom. The van der Waals surface area contributed by atoms with Crippen LogP contribution in [0.25, 0.3) is 0 Å². The van der Waals surface area contributed by atoms with Crippen molar-refractivity contribution in [3.63, 3.8) is 0 Å². The van der Waals surface area contributed by atoms with Gasteiger partial charge in [0, 0.05) is 31.4 Å². The molecular weight excluding hydrogens is 291 g/mol. The Kier molecular flexibility index (Phi) is 3.67. The zero-order valence-electron chi connectivity index (χ0n) is 13.0. The fourth-order valence-corrected chi connectivity index (χ4v) is 2.86. The van der Waals surface area contributed by atoms with Crippen LogP contribution in [0.4, 0.5) is 15.8 Å². The Morgan fingerprint density at radius 3 is 2.65 bits per heavy atom. The number of allylic oxidation sites excluding steroid dienone is 1. The van der Waals surface area contributed by atoms with E-state index in [4.69, 9.17) is 5.73 Å². The normalized spacial score (nSPS) is 16.3. The number of rotatable bonds is 2. The molecule has 1 heterocycles. The van der Waals surface area contributed by atoms with Crippen molar-refractivity contribution < 1.29 is 4.39 Å². The summed E-state index contributed by atoms with van der Waals surface area (Å²) in [6, 6.07) is 14.4. The third-order valence-corrected chi connectivity index (χ3v) is 4.01. The molecule has 3 rings (SSSR count). The second-order valence-electron chi connectivity index (χ2n) is 5.72. The number of nitrogens with zero attached hydrogens (tertiary/aromatic N) is 2. The highest BCUT2D eigenvalue weighted by molar-refractivity contribution is 5.71. The molecular formula is C18H17FN4. The van der Waals surface area contributed by atoms with Crippen LogP contribution >= 0.6 is 0 Å². The van der Waals surface area contributed by atoms with E-state index in [0.29, 0.717) is 17.0 Å². The van der Waals surface area contributed by atoms with E-state index >= 15 is 0 Å². The van der Waals surface area contributed by atoms with Crippen molar-refractivity contribution >= 4 is 11.4 Å². The number of nitrogens with two attached hydrogens (primary N) is 1. The smallest absolute Gasteiger partial charge is 0.123 e. The van der Waals surface area contributed by atoms with Crippen LogP contribution in [0.2, 0.25) is 0 Å².